The van der Waals surface area contributed by atoms with Crippen LogP contribution in [0, 0.1) is 6.92 Å². The molecule has 2 aliphatic rings. The molecule has 1 aromatic carbocycles. The van der Waals surface area contributed by atoms with Gasteiger partial charge >= 0.3 is 29.5 Å². The predicted octanol–water partition coefficient (Wildman–Crippen LogP) is 2.44. The first-order valence-electron chi connectivity index (χ1n) is 13.0. The molecule has 1 aromatic heterocycles. The van der Waals surface area contributed by atoms with Crippen LogP contribution in [0.3, 0.4) is 0 Å². The minimum atomic E-state index is -1.40. The number of ether oxygens (including phenoxy) is 6. The zero-order chi connectivity index (χ0) is 29.1. The fraction of sp³-hybridized carbons (Fsp3) is 0.536. The largest absolute Gasteiger partial charge is 0.463 e. The second-order valence-corrected chi connectivity index (χ2v) is 9.80. The number of hydrogen-bond acceptors (Lipinski definition) is 12. The van der Waals surface area contributed by atoms with Crippen LogP contribution in [0.1, 0.15) is 57.2 Å². The summed E-state index contributed by atoms with van der Waals surface area (Å²) in [6, 6.07) is 3.47. The van der Waals surface area contributed by atoms with Crippen molar-refractivity contribution >= 4 is 34.8 Å². The first-order valence-corrected chi connectivity index (χ1v) is 13.0. The lowest BCUT2D eigenvalue weighted by Gasteiger charge is -2.44. The summed E-state index contributed by atoms with van der Waals surface area (Å²) in [6.07, 6.45) is -3.29. The average molecular weight is 561 g/mol. The molecule has 0 radical (unpaired) electrons. The van der Waals surface area contributed by atoms with E-state index in [-0.39, 0.29) is 12.4 Å². The normalized spacial score (nSPS) is 24.0. The van der Waals surface area contributed by atoms with Crippen LogP contribution >= 0.6 is 0 Å². The summed E-state index contributed by atoms with van der Waals surface area (Å²) in [5.74, 6) is -2.61. The summed E-state index contributed by atoms with van der Waals surface area (Å²) >= 11 is 0. The molecule has 12 nitrogen and oxygen atoms in total. The Hall–Kier alpha value is -3.93. The standard InChI is InChI=1S/C28H32O12/c1-13-21(11-10-19-18-8-6-7-9-20(18)27(33)40-23(13)19)38-28-26(37-17(5)32)25(36-16(4)31)24(35-15(3)30)22(39-28)12-34-14(2)29/h10-11,22,24-26,28H,6-9,12H2,1-5H3/t22-,24-,25+,26-,28+/m1/s1. The van der Waals surface area contributed by atoms with Gasteiger partial charge in [0.2, 0.25) is 12.4 Å². The summed E-state index contributed by atoms with van der Waals surface area (Å²) < 4.78 is 39.3. The second kappa shape index (κ2) is 12.1. The maximum Gasteiger partial charge on any atom is 0.339 e. The molecule has 0 saturated carbocycles. The highest BCUT2D eigenvalue weighted by atomic mass is 16.7. The van der Waals surface area contributed by atoms with Gasteiger partial charge in [0, 0.05) is 44.2 Å². The van der Waals surface area contributed by atoms with E-state index in [1.807, 2.05) is 0 Å². The van der Waals surface area contributed by atoms with Crippen molar-refractivity contribution in [3.63, 3.8) is 0 Å². The molecule has 1 aliphatic carbocycles. The topological polar surface area (TPSA) is 154 Å². The molecule has 0 spiro atoms. The van der Waals surface area contributed by atoms with Gasteiger partial charge in [-0.2, -0.15) is 0 Å². The molecule has 2 heterocycles. The monoisotopic (exact) mass is 560 g/mol. The van der Waals surface area contributed by atoms with E-state index >= 15 is 0 Å². The fourth-order valence-corrected chi connectivity index (χ4v) is 5.16. The molecule has 12 heteroatoms. The van der Waals surface area contributed by atoms with E-state index in [4.69, 9.17) is 32.8 Å². The molecule has 0 N–H and O–H groups in total. The number of carbonyl (C=O) groups is 4. The molecule has 1 aliphatic heterocycles. The van der Waals surface area contributed by atoms with Gasteiger partial charge in [-0.1, -0.05) is 0 Å². The Morgan fingerprint density at radius 1 is 0.825 bits per heavy atom. The SMILES string of the molecule is CC(=O)OC[C@H]1O[C@H](Oc2ccc3c4c(c(=O)oc3c2C)CCCC4)[C@H](OC(C)=O)[C@@H](OC(C)=O)[C@@H]1OC(C)=O. The summed E-state index contributed by atoms with van der Waals surface area (Å²) in [7, 11) is 0. The number of hydrogen-bond donors (Lipinski definition) is 0. The van der Waals surface area contributed by atoms with Crippen molar-refractivity contribution in [2.75, 3.05) is 6.61 Å². The number of esters is 4. The Labute approximate surface area is 229 Å². The van der Waals surface area contributed by atoms with Gasteiger partial charge in [-0.25, -0.2) is 4.79 Å². The van der Waals surface area contributed by atoms with E-state index in [0.29, 0.717) is 23.1 Å². The van der Waals surface area contributed by atoms with Crippen molar-refractivity contribution < 1.29 is 52.0 Å². The van der Waals surface area contributed by atoms with Gasteiger partial charge in [-0.15, -0.1) is 0 Å². The molecule has 40 heavy (non-hydrogen) atoms. The second-order valence-electron chi connectivity index (χ2n) is 9.80. The first-order chi connectivity index (χ1) is 19.0. The van der Waals surface area contributed by atoms with Crippen LogP contribution in [-0.2, 0) is 55.7 Å². The van der Waals surface area contributed by atoms with E-state index in [9.17, 15) is 24.0 Å². The third-order valence-corrected chi connectivity index (χ3v) is 6.78. The Morgan fingerprint density at radius 3 is 2.05 bits per heavy atom. The summed E-state index contributed by atoms with van der Waals surface area (Å²) in [5.41, 5.74) is 2.10. The Morgan fingerprint density at radius 2 is 1.43 bits per heavy atom. The van der Waals surface area contributed by atoms with Gasteiger partial charge in [0.15, 0.2) is 12.2 Å². The van der Waals surface area contributed by atoms with E-state index in [1.54, 1.807) is 19.1 Å². The maximum absolute atomic E-state index is 12.7. The van der Waals surface area contributed by atoms with Crippen molar-refractivity contribution in [2.24, 2.45) is 0 Å². The number of fused-ring (bicyclic) bond motifs is 3. The Balaban J connectivity index is 1.76. The molecule has 5 atom stereocenters. The van der Waals surface area contributed by atoms with Crippen LogP contribution < -0.4 is 10.4 Å². The van der Waals surface area contributed by atoms with Gasteiger partial charge in [-0.05, 0) is 50.3 Å². The Kier molecular flexibility index (Phi) is 8.77. The lowest BCUT2D eigenvalue weighted by molar-refractivity contribution is -0.288. The average Bonchev–Trinajstić information content (AvgIpc) is 2.87. The van der Waals surface area contributed by atoms with Crippen LogP contribution in [0.2, 0.25) is 0 Å². The molecule has 216 valence electrons. The van der Waals surface area contributed by atoms with Crippen molar-refractivity contribution in [2.45, 2.75) is 91.0 Å². The van der Waals surface area contributed by atoms with Gasteiger partial charge in [0.05, 0.1) is 0 Å². The van der Waals surface area contributed by atoms with Crippen LogP contribution in [0.25, 0.3) is 11.0 Å². The summed E-state index contributed by atoms with van der Waals surface area (Å²) in [4.78, 5) is 60.3. The third-order valence-electron chi connectivity index (χ3n) is 6.78. The molecular weight excluding hydrogens is 528 g/mol. The van der Waals surface area contributed by atoms with Crippen molar-refractivity contribution in [1.29, 1.82) is 0 Å². The van der Waals surface area contributed by atoms with Crippen LogP contribution in [0.5, 0.6) is 5.75 Å². The molecular formula is C28H32O12. The first kappa shape index (κ1) is 29.1. The lowest BCUT2D eigenvalue weighted by atomic mass is 9.90. The molecule has 0 bridgehead atoms. The molecule has 0 unspecified atom stereocenters. The Bertz CT molecular complexity index is 1380. The molecule has 2 aromatic rings. The van der Waals surface area contributed by atoms with Gasteiger partial charge in [0.1, 0.15) is 24.0 Å². The molecule has 1 fully saturated rings. The number of benzene rings is 1. The van der Waals surface area contributed by atoms with Crippen molar-refractivity contribution in [3.05, 3.63) is 39.2 Å². The number of carbonyl (C=O) groups excluding carboxylic acids is 4. The van der Waals surface area contributed by atoms with E-state index < -0.39 is 60.2 Å². The quantitative estimate of drug-likeness (QED) is 0.278. The van der Waals surface area contributed by atoms with Crippen LogP contribution in [0.4, 0.5) is 0 Å². The minimum Gasteiger partial charge on any atom is -0.463 e. The smallest absolute Gasteiger partial charge is 0.339 e. The van der Waals surface area contributed by atoms with Crippen LogP contribution in [-0.4, -0.2) is 61.2 Å². The molecule has 1 saturated heterocycles. The zero-order valence-electron chi connectivity index (χ0n) is 23.0. The van der Waals surface area contributed by atoms with Gasteiger partial charge < -0.3 is 32.8 Å². The third kappa shape index (κ3) is 6.27. The van der Waals surface area contributed by atoms with Crippen LogP contribution in [0.15, 0.2) is 21.3 Å². The highest BCUT2D eigenvalue weighted by Crippen LogP contribution is 2.36. The highest BCUT2D eigenvalue weighted by Gasteiger charge is 2.53. The number of aryl methyl sites for hydroxylation is 2. The van der Waals surface area contributed by atoms with Crippen molar-refractivity contribution in [3.8, 4) is 5.75 Å². The highest BCUT2D eigenvalue weighted by molar-refractivity contribution is 5.86. The van der Waals surface area contributed by atoms with Gasteiger partial charge in [-0.3, -0.25) is 19.2 Å². The predicted molar refractivity (Wildman–Crippen MR) is 136 cm³/mol. The fourth-order valence-electron chi connectivity index (χ4n) is 5.16. The number of rotatable bonds is 7. The summed E-state index contributed by atoms with van der Waals surface area (Å²) in [5, 5.41) is 0.806. The molecule has 0 amide bonds. The van der Waals surface area contributed by atoms with E-state index in [1.165, 1.54) is 6.92 Å². The maximum atomic E-state index is 12.7. The lowest BCUT2D eigenvalue weighted by Crippen LogP contribution is -2.63. The van der Waals surface area contributed by atoms with E-state index in [2.05, 4.69) is 0 Å². The van der Waals surface area contributed by atoms with E-state index in [0.717, 1.165) is 51.0 Å². The zero-order valence-corrected chi connectivity index (χ0v) is 23.0. The van der Waals surface area contributed by atoms with Crippen molar-refractivity contribution in [1.82, 2.24) is 0 Å². The van der Waals surface area contributed by atoms with Gasteiger partial charge in [0.25, 0.3) is 0 Å². The summed E-state index contributed by atoms with van der Waals surface area (Å²) in [6.45, 7) is 5.94. The minimum absolute atomic E-state index is 0.243. The molecule has 4 rings (SSSR count).